The number of methoxy groups -OCH3 is 2. The lowest BCUT2D eigenvalue weighted by atomic mass is 9.81. The van der Waals surface area contributed by atoms with Crippen LogP contribution in [-0.4, -0.2) is 281 Å². The number of hydrogen-bond acceptors (Lipinski definition) is 31. The highest BCUT2D eigenvalue weighted by molar-refractivity contribution is 6.38. The number of benzene rings is 1. The monoisotopic (exact) mass is 1810 g/mol. The minimum Gasteiger partial charge on any atom is -0.460 e. The molecule has 132 heavy (non-hydrogen) atoms. The highest BCUT2D eigenvalue weighted by Gasteiger charge is 2.45. The molecule has 5 fully saturated rings. The molecule has 16 rings (SSSR count). The van der Waals surface area contributed by atoms with Crippen LogP contribution in [0.3, 0.4) is 0 Å². The number of piperidine rings is 1. The largest absolute Gasteiger partial charge is 0.460 e. The van der Waals surface area contributed by atoms with Crippen LogP contribution in [0.25, 0.3) is 16.6 Å². The van der Waals surface area contributed by atoms with Crippen LogP contribution in [-0.2, 0) is 84.9 Å². The third-order valence-corrected chi connectivity index (χ3v) is 27.7. The molecule has 4 unspecified atom stereocenters. The Morgan fingerprint density at radius 1 is 0.636 bits per heavy atom. The Labute approximate surface area is 767 Å². The lowest BCUT2D eigenvalue weighted by Gasteiger charge is -2.38. The van der Waals surface area contributed by atoms with Gasteiger partial charge in [-0.1, -0.05) is 82.4 Å². The molecule has 1 saturated carbocycles. The summed E-state index contributed by atoms with van der Waals surface area (Å²) in [6.07, 6.45) is 26.1. The maximum atomic E-state index is 14.7. The number of fused-ring (bicyclic) bond motifs is 7. The number of anilines is 4. The zero-order valence-electron chi connectivity index (χ0n) is 76.5. The molecule has 700 valence electrons. The van der Waals surface area contributed by atoms with E-state index in [-0.39, 0.29) is 110 Å². The summed E-state index contributed by atoms with van der Waals surface area (Å²) in [4.78, 5) is 172. The molecule has 4 amide bonds. The Kier molecular flexibility index (Phi) is 29.4. The maximum Gasteiger partial charge on any atom is 0.410 e. The number of aliphatic hydroxyl groups is 1. The van der Waals surface area contributed by atoms with Gasteiger partial charge in [-0.25, -0.2) is 64.1 Å². The highest BCUT2D eigenvalue weighted by atomic mass is 16.6. The average Bonchev–Trinajstić information content (AvgIpc) is 1.58. The van der Waals surface area contributed by atoms with E-state index in [1.54, 1.807) is 81.1 Å². The molecule has 36 nitrogen and oxygen atoms in total. The van der Waals surface area contributed by atoms with E-state index in [2.05, 4.69) is 61.8 Å². The fourth-order valence-corrected chi connectivity index (χ4v) is 19.7. The van der Waals surface area contributed by atoms with E-state index < -0.39 is 72.5 Å². The van der Waals surface area contributed by atoms with Crippen LogP contribution < -0.4 is 26.2 Å². The summed E-state index contributed by atoms with van der Waals surface area (Å²) in [5, 5.41) is 16.9. The summed E-state index contributed by atoms with van der Waals surface area (Å²) in [5.41, 5.74) is 21.2. The molecule has 5 N–H and O–H groups in total. The molecule has 1 aliphatic carbocycles. The van der Waals surface area contributed by atoms with Gasteiger partial charge in [-0.2, -0.15) is 5.10 Å². The SMILES string of the molecule is CO[C@H]1CC2CC[C@@H](C)C(O2)C(=O)C(=O)N2CCCC[C@H]2C(=O)O[C@H](CC[C@@H]2CC[C@@H](OC(=O)N3CCc4nc(N5CCN(c6ncc(C(=O)N7CCN(c8ncc(C(=O)N9CCc%10cc(Cn%11nc(C%12=CC%13N=C(N)OC%13N=C%12)c%12c(N)ncnc%12%11)ccc%10C9)cn8)CC7)cn6)CC5)ncc4C3)[C@H](OC)C2)CC(=O)[C@H](C)/C=C(\C)[C@@H](O)CC(=O)[C@H](C)C[C@H](C)/C=C/C=C/C=C/1C. The first-order valence-corrected chi connectivity index (χ1v) is 46.6. The Morgan fingerprint density at radius 2 is 1.34 bits per heavy atom. The number of hydrogen-bond donors (Lipinski definition) is 3. The third kappa shape index (κ3) is 21.6. The molecule has 10 aliphatic rings. The van der Waals surface area contributed by atoms with Crippen molar-refractivity contribution in [3.05, 3.63) is 154 Å². The van der Waals surface area contributed by atoms with Gasteiger partial charge in [0.25, 0.3) is 23.7 Å². The van der Waals surface area contributed by atoms with E-state index in [0.29, 0.717) is 218 Å². The number of carbonyl (C=O) groups excluding carboxylic acids is 8. The molecule has 0 radical (unpaired) electrons. The molecule has 15 atom stereocenters. The Hall–Kier alpha value is -12.2. The molecule has 4 saturated heterocycles. The number of amidine groups is 1. The first-order valence-electron chi connectivity index (χ1n) is 46.6. The van der Waals surface area contributed by atoms with Gasteiger partial charge in [0.1, 0.15) is 59.8 Å². The van der Waals surface area contributed by atoms with Crippen molar-refractivity contribution in [2.45, 2.75) is 225 Å². The Bertz CT molecular complexity index is 5490. The van der Waals surface area contributed by atoms with Gasteiger partial charge in [-0.15, -0.1) is 0 Å². The van der Waals surface area contributed by atoms with Crippen molar-refractivity contribution in [1.29, 1.82) is 0 Å². The number of ether oxygens (including phenoxy) is 6. The number of ketones is 3. The number of aliphatic imine (C=N–C) groups is 2. The number of aliphatic hydroxyl groups excluding tert-OH is 1. The van der Waals surface area contributed by atoms with Crippen LogP contribution in [0.5, 0.6) is 0 Å². The molecule has 1 aromatic carbocycles. The number of cyclic esters (lactones) is 1. The van der Waals surface area contributed by atoms with Crippen molar-refractivity contribution in [1.82, 2.24) is 69.3 Å². The van der Waals surface area contributed by atoms with Gasteiger partial charge in [-0.3, -0.25) is 28.8 Å². The van der Waals surface area contributed by atoms with Gasteiger partial charge < -0.3 is 79.3 Å². The third-order valence-electron chi connectivity index (χ3n) is 27.7. The second-order valence-corrected chi connectivity index (χ2v) is 37.0. The molecule has 6 aromatic rings. The molecule has 36 heteroatoms. The molecular weight excluding hydrogens is 1690 g/mol. The lowest BCUT2D eigenvalue weighted by molar-refractivity contribution is -0.169. The summed E-state index contributed by atoms with van der Waals surface area (Å²) in [6, 6.07) is 4.88. The number of nitrogens with zero attached hydrogens (tertiary/aromatic N) is 19. The number of esters is 1. The normalized spacial score (nSPS) is 28.9. The molecule has 14 heterocycles. The molecular formula is C96H121N21O15. The minimum absolute atomic E-state index is 0.0277. The quantitative estimate of drug-likeness (QED) is 0.0524. The number of piperazine rings is 2. The fourth-order valence-electron chi connectivity index (χ4n) is 19.7. The number of allylic oxidation sites excluding steroid dienone is 7. The number of Topliss-reactive ketones (excluding diaryl/α,β-unsaturated/α-hetero) is 3. The van der Waals surface area contributed by atoms with Gasteiger partial charge in [0.05, 0.1) is 59.7 Å². The van der Waals surface area contributed by atoms with E-state index >= 15 is 0 Å². The van der Waals surface area contributed by atoms with Crippen LogP contribution in [0, 0.1) is 29.6 Å². The summed E-state index contributed by atoms with van der Waals surface area (Å²) in [5.74, 6) is -2.18. The van der Waals surface area contributed by atoms with Crippen LogP contribution >= 0.6 is 0 Å². The second-order valence-electron chi connectivity index (χ2n) is 37.0. The molecule has 5 aromatic heterocycles. The highest BCUT2D eigenvalue weighted by Crippen LogP contribution is 2.38. The van der Waals surface area contributed by atoms with E-state index in [0.717, 1.165) is 33.5 Å². The summed E-state index contributed by atoms with van der Waals surface area (Å²) < 4.78 is 38.4. The fraction of sp³-hybridized carbons (Fsp3) is 0.552. The van der Waals surface area contributed by atoms with Gasteiger partial charge in [0.2, 0.25) is 29.9 Å². The zero-order valence-corrected chi connectivity index (χ0v) is 76.5. The number of amides is 4. The predicted molar refractivity (Wildman–Crippen MR) is 491 cm³/mol. The van der Waals surface area contributed by atoms with Crippen molar-refractivity contribution in [2.24, 2.45) is 45.3 Å². The molecule has 9 aliphatic heterocycles. The zero-order chi connectivity index (χ0) is 92.5. The summed E-state index contributed by atoms with van der Waals surface area (Å²) in [7, 11) is 3.23. The maximum absolute atomic E-state index is 14.7. The Morgan fingerprint density at radius 3 is 2.08 bits per heavy atom. The molecule has 0 spiro atoms. The van der Waals surface area contributed by atoms with Gasteiger partial charge in [-0.05, 0) is 143 Å². The molecule has 2 bridgehead atoms. The first-order chi connectivity index (χ1) is 63.8. The van der Waals surface area contributed by atoms with Crippen LogP contribution in [0.1, 0.15) is 186 Å². The number of carbonyl (C=O) groups is 8. The van der Waals surface area contributed by atoms with E-state index in [1.165, 1.54) is 11.2 Å². The van der Waals surface area contributed by atoms with E-state index in [4.69, 9.17) is 55.0 Å². The average molecular weight is 1810 g/mol. The number of dihydropyridines is 1. The predicted octanol–water partition coefficient (Wildman–Crippen LogP) is 8.33. The second kappa shape index (κ2) is 41.7. The van der Waals surface area contributed by atoms with Crippen LogP contribution in [0.15, 0.2) is 119 Å². The smallest absolute Gasteiger partial charge is 0.410 e. The standard InChI is InChI=1S/C96H121N21O15/c1-56-14-10-9-11-15-57(2)79(127-7)44-71-22-17-58(3)84(129-71)83(121)90(124)116-27-13-12-16-74(116)91(125)130-70(43-75(118)60(5)39-61(6)77(120)45-76(119)59(4)38-56)23-19-62-20-24-78(80(41-62)128-8)131-96(126)115-29-26-72-69(54-115)51-104-95(108-72)113-36-34-112(35-37-113)94-100-47-67(48-101-94)88(122)110-30-32-111(33-31-110)93-102-49-68(50-103-93)89(123)114-28-25-64-40-63(18-21-65(64)53-114)52-117-86-81(85(97)105-55-106-86)82(109-117)66-42-73-87(99-46-66)132-92(98)107-73/h9-11,14-15,18,21,39-40,42,46-51,55-56,58-60,62,70-71,73-74,77-80,84,87,120H,12-13,16-17,19-20,22-38,41,43-45,52-54H2,1-8H3,(H2,98,107)(H2,97,105,106)/b11-9+,14-10+,57-15+,61-39+/t56-,58-,59-,60-,62-,70-,71?,73?,74+,77+,78-,79+,80-,84?,87?/m1/s1. The van der Waals surface area contributed by atoms with Crippen molar-refractivity contribution in [3.8, 4) is 0 Å². The van der Waals surface area contributed by atoms with Crippen molar-refractivity contribution in [3.63, 3.8) is 0 Å². The van der Waals surface area contributed by atoms with Gasteiger partial charge in [0.15, 0.2) is 5.65 Å². The summed E-state index contributed by atoms with van der Waals surface area (Å²) in [6.45, 7) is 17.6. The van der Waals surface area contributed by atoms with Crippen molar-refractivity contribution in [2.75, 3.05) is 107 Å². The topological polar surface area (TPSA) is 433 Å². The number of aromatic nitrogens is 10. The van der Waals surface area contributed by atoms with E-state index in [1.807, 2.05) is 84.7 Å². The van der Waals surface area contributed by atoms with Gasteiger partial charge >= 0.3 is 12.1 Å². The van der Waals surface area contributed by atoms with Crippen molar-refractivity contribution >= 4 is 99.6 Å². The van der Waals surface area contributed by atoms with Crippen LogP contribution in [0.4, 0.5) is 28.5 Å². The Balaban J connectivity index is 0.475. The lowest BCUT2D eigenvalue weighted by Crippen LogP contribution is -2.55. The van der Waals surface area contributed by atoms with Crippen molar-refractivity contribution < 1.29 is 71.9 Å². The van der Waals surface area contributed by atoms with E-state index in [9.17, 15) is 43.5 Å². The summed E-state index contributed by atoms with van der Waals surface area (Å²) >= 11 is 0. The van der Waals surface area contributed by atoms with Crippen LogP contribution in [0.2, 0.25) is 0 Å². The number of nitrogen functional groups attached to an aromatic ring is 1. The minimum atomic E-state index is -1.11. The first kappa shape index (κ1) is 93.1. The van der Waals surface area contributed by atoms with Gasteiger partial charge in [0, 0.05) is 179 Å². The number of nitrogens with two attached hydrogens (primary N) is 2. The number of rotatable bonds is 14.